The third-order valence-electron chi connectivity index (χ3n) is 2.96. The molecule has 0 bridgehead atoms. The topological polar surface area (TPSA) is 47.8 Å². The van der Waals surface area contributed by atoms with Crippen LogP contribution in [0.4, 0.5) is 0 Å². The lowest BCUT2D eigenvalue weighted by Crippen LogP contribution is -2.14. The van der Waals surface area contributed by atoms with Crippen LogP contribution in [-0.4, -0.2) is 26.8 Å². The summed E-state index contributed by atoms with van der Waals surface area (Å²) in [4.78, 5) is 17.7. The summed E-state index contributed by atoms with van der Waals surface area (Å²) in [6.07, 6.45) is 3.79. The van der Waals surface area contributed by atoms with Gasteiger partial charge in [0.2, 0.25) is 0 Å². The van der Waals surface area contributed by atoms with Crippen molar-refractivity contribution in [1.29, 1.82) is 0 Å². The Bertz CT molecular complexity index is 592. The van der Waals surface area contributed by atoms with Crippen LogP contribution in [0.2, 0.25) is 0 Å². The van der Waals surface area contributed by atoms with Gasteiger partial charge in [0.25, 0.3) is 0 Å². The lowest BCUT2D eigenvalue weighted by atomic mass is 10.1. The van der Waals surface area contributed by atoms with Crippen LogP contribution in [0.3, 0.4) is 0 Å². The summed E-state index contributed by atoms with van der Waals surface area (Å²) in [6.45, 7) is 5.03. The van der Waals surface area contributed by atoms with Crippen molar-refractivity contribution in [2.75, 3.05) is 6.26 Å². The summed E-state index contributed by atoms with van der Waals surface area (Å²) < 4.78 is 1.82. The fourth-order valence-electron chi connectivity index (χ4n) is 2.04. The minimum absolute atomic E-state index is 0.0907. The van der Waals surface area contributed by atoms with Crippen LogP contribution in [-0.2, 0) is 13.0 Å². The van der Waals surface area contributed by atoms with Crippen LogP contribution in [0.5, 0.6) is 0 Å². The molecule has 0 aliphatic rings. The van der Waals surface area contributed by atoms with Gasteiger partial charge in [-0.2, -0.15) is 5.10 Å². The molecule has 0 amide bonds. The van der Waals surface area contributed by atoms with E-state index in [1.54, 1.807) is 11.8 Å². The molecule has 0 fully saturated rings. The van der Waals surface area contributed by atoms with Gasteiger partial charge in [0.05, 0.1) is 6.42 Å². The van der Waals surface area contributed by atoms with Crippen LogP contribution in [0.25, 0.3) is 0 Å². The third kappa shape index (κ3) is 3.48. The molecular weight excluding hydrogens is 270 g/mol. The molecule has 2 aromatic rings. The second-order valence-electron chi connectivity index (χ2n) is 5.05. The summed E-state index contributed by atoms with van der Waals surface area (Å²) in [5.74, 6) is 1.30. The van der Waals surface area contributed by atoms with Crippen molar-refractivity contribution < 1.29 is 4.79 Å². The number of hydrogen-bond acceptors (Lipinski definition) is 4. The number of carbonyl (C=O) groups excluding carboxylic acids is 1. The molecule has 0 saturated heterocycles. The van der Waals surface area contributed by atoms with Crippen molar-refractivity contribution in [2.45, 2.75) is 31.7 Å². The van der Waals surface area contributed by atoms with Gasteiger partial charge in [-0.1, -0.05) is 32.0 Å². The predicted molar refractivity (Wildman–Crippen MR) is 81.1 cm³/mol. The minimum atomic E-state index is 0.0907. The lowest BCUT2D eigenvalue weighted by Gasteiger charge is -2.09. The van der Waals surface area contributed by atoms with E-state index in [-0.39, 0.29) is 5.78 Å². The SMILES string of the molecule is CSc1ccccc1C(=O)Cc1ncnn1CC(C)C. The quantitative estimate of drug-likeness (QED) is 0.605. The van der Waals surface area contributed by atoms with E-state index in [0.29, 0.717) is 12.3 Å². The molecule has 0 aliphatic carbocycles. The number of thioether (sulfide) groups is 1. The van der Waals surface area contributed by atoms with E-state index in [1.165, 1.54) is 6.33 Å². The number of ketones is 1. The molecule has 1 aromatic carbocycles. The van der Waals surface area contributed by atoms with E-state index in [9.17, 15) is 4.79 Å². The van der Waals surface area contributed by atoms with E-state index in [4.69, 9.17) is 0 Å². The highest BCUT2D eigenvalue weighted by Crippen LogP contribution is 2.21. The third-order valence-corrected chi connectivity index (χ3v) is 3.76. The van der Waals surface area contributed by atoms with Crippen molar-refractivity contribution in [1.82, 2.24) is 14.8 Å². The van der Waals surface area contributed by atoms with Gasteiger partial charge >= 0.3 is 0 Å². The first-order valence-electron chi connectivity index (χ1n) is 6.64. The van der Waals surface area contributed by atoms with Crippen LogP contribution in [0.1, 0.15) is 30.0 Å². The summed E-state index contributed by atoms with van der Waals surface area (Å²) in [6, 6.07) is 7.68. The normalized spacial score (nSPS) is 11.0. The second-order valence-corrected chi connectivity index (χ2v) is 5.90. The van der Waals surface area contributed by atoms with E-state index in [2.05, 4.69) is 23.9 Å². The van der Waals surface area contributed by atoms with Gasteiger partial charge in [-0.05, 0) is 18.2 Å². The van der Waals surface area contributed by atoms with E-state index in [1.807, 2.05) is 35.2 Å². The van der Waals surface area contributed by atoms with Gasteiger partial charge in [0.1, 0.15) is 12.2 Å². The van der Waals surface area contributed by atoms with Crippen molar-refractivity contribution >= 4 is 17.5 Å². The summed E-state index contributed by atoms with van der Waals surface area (Å²) in [5.41, 5.74) is 0.763. The smallest absolute Gasteiger partial charge is 0.171 e. The highest BCUT2D eigenvalue weighted by atomic mass is 32.2. The number of hydrogen-bond donors (Lipinski definition) is 0. The van der Waals surface area contributed by atoms with Gasteiger partial charge in [-0.3, -0.25) is 4.79 Å². The monoisotopic (exact) mass is 289 g/mol. The largest absolute Gasteiger partial charge is 0.294 e. The molecule has 106 valence electrons. The van der Waals surface area contributed by atoms with Gasteiger partial charge in [0, 0.05) is 17.0 Å². The number of carbonyl (C=O) groups is 1. The van der Waals surface area contributed by atoms with Crippen LogP contribution >= 0.6 is 11.8 Å². The van der Waals surface area contributed by atoms with Crippen LogP contribution in [0.15, 0.2) is 35.5 Å². The maximum atomic E-state index is 12.4. The average molecular weight is 289 g/mol. The molecule has 0 spiro atoms. The van der Waals surface area contributed by atoms with Gasteiger partial charge in [-0.15, -0.1) is 11.8 Å². The van der Waals surface area contributed by atoms with Crippen molar-refractivity contribution in [3.63, 3.8) is 0 Å². The number of benzene rings is 1. The molecule has 0 atom stereocenters. The second kappa shape index (κ2) is 6.70. The number of rotatable bonds is 6. The molecule has 0 aliphatic heterocycles. The van der Waals surface area contributed by atoms with E-state index >= 15 is 0 Å². The minimum Gasteiger partial charge on any atom is -0.294 e. The van der Waals surface area contributed by atoms with E-state index < -0.39 is 0 Å². The molecule has 0 saturated carbocycles. The summed E-state index contributed by atoms with van der Waals surface area (Å²) in [7, 11) is 0. The lowest BCUT2D eigenvalue weighted by molar-refractivity contribution is 0.0986. The fourth-order valence-corrected chi connectivity index (χ4v) is 2.65. The highest BCUT2D eigenvalue weighted by molar-refractivity contribution is 7.98. The zero-order valence-electron chi connectivity index (χ0n) is 12.0. The Hall–Kier alpha value is -1.62. The van der Waals surface area contributed by atoms with Gasteiger partial charge in [0.15, 0.2) is 5.78 Å². The van der Waals surface area contributed by atoms with Gasteiger partial charge < -0.3 is 0 Å². The molecule has 0 unspecified atom stereocenters. The molecule has 20 heavy (non-hydrogen) atoms. The Balaban J connectivity index is 2.18. The summed E-state index contributed by atoms with van der Waals surface area (Å²) in [5, 5.41) is 4.19. The van der Waals surface area contributed by atoms with E-state index in [0.717, 1.165) is 22.8 Å². The van der Waals surface area contributed by atoms with Crippen molar-refractivity contribution in [3.8, 4) is 0 Å². The van der Waals surface area contributed by atoms with Crippen molar-refractivity contribution in [2.24, 2.45) is 5.92 Å². The number of aromatic nitrogens is 3. The Morgan fingerprint density at radius 2 is 2.10 bits per heavy atom. The Morgan fingerprint density at radius 1 is 1.35 bits per heavy atom. The summed E-state index contributed by atoms with van der Waals surface area (Å²) >= 11 is 1.59. The zero-order valence-corrected chi connectivity index (χ0v) is 12.9. The molecule has 0 radical (unpaired) electrons. The maximum Gasteiger partial charge on any atom is 0.171 e. The molecule has 2 rings (SSSR count). The molecular formula is C15H19N3OS. The maximum absolute atomic E-state index is 12.4. The van der Waals surface area contributed by atoms with Crippen molar-refractivity contribution in [3.05, 3.63) is 42.0 Å². The molecule has 4 nitrogen and oxygen atoms in total. The first-order chi connectivity index (χ1) is 9.61. The van der Waals surface area contributed by atoms with Crippen LogP contribution in [0, 0.1) is 5.92 Å². The Kier molecular flexibility index (Phi) is 4.95. The first-order valence-corrected chi connectivity index (χ1v) is 7.87. The number of nitrogens with zero attached hydrogens (tertiary/aromatic N) is 3. The standard InChI is InChI=1S/C15H19N3OS/c1-11(2)9-18-15(16-10-17-18)8-13(19)12-6-4-5-7-14(12)20-3/h4-7,10-11H,8-9H2,1-3H3. The van der Waals surface area contributed by atoms with Gasteiger partial charge in [-0.25, -0.2) is 9.67 Å². The highest BCUT2D eigenvalue weighted by Gasteiger charge is 2.15. The predicted octanol–water partition coefficient (Wildman–Crippen LogP) is 3.08. The Labute approximate surface area is 123 Å². The average Bonchev–Trinajstić information content (AvgIpc) is 2.85. The molecule has 0 N–H and O–H groups in total. The zero-order chi connectivity index (χ0) is 14.5. The number of Topliss-reactive ketones (excluding diaryl/α,β-unsaturated/α-hetero) is 1. The molecule has 1 aromatic heterocycles. The first kappa shape index (κ1) is 14.8. The fraction of sp³-hybridized carbons (Fsp3) is 0.400. The molecule has 5 heteroatoms. The Morgan fingerprint density at radius 3 is 2.80 bits per heavy atom. The molecule has 1 heterocycles. The van der Waals surface area contributed by atoms with Crippen LogP contribution < -0.4 is 0 Å².